The topological polar surface area (TPSA) is 62.3 Å². The number of fused-ring (bicyclic) bond motifs is 1. The van der Waals surface area contributed by atoms with E-state index in [0.717, 1.165) is 22.9 Å². The number of aromatic nitrogens is 1. The molecule has 0 spiro atoms. The third kappa shape index (κ3) is 3.37. The maximum absolute atomic E-state index is 11.4. The van der Waals surface area contributed by atoms with Crippen LogP contribution in [0, 0.1) is 0 Å². The number of carbonyl (C=O) groups excluding carboxylic acids is 2. The summed E-state index contributed by atoms with van der Waals surface area (Å²) in [4.78, 5) is 27.9. The largest absolute Gasteiger partial charge is 0.372 e. The molecule has 1 heterocycles. The molecule has 0 atom stereocenters. The zero-order valence-corrected chi connectivity index (χ0v) is 12.3. The van der Waals surface area contributed by atoms with Gasteiger partial charge in [-0.15, -0.1) is 0 Å². The van der Waals surface area contributed by atoms with Crippen LogP contribution in [0.5, 0.6) is 0 Å². The van der Waals surface area contributed by atoms with Gasteiger partial charge in [0, 0.05) is 37.0 Å². The van der Waals surface area contributed by atoms with Crippen molar-refractivity contribution >= 4 is 28.8 Å². The van der Waals surface area contributed by atoms with Gasteiger partial charge in [-0.1, -0.05) is 25.1 Å². The predicted molar refractivity (Wildman–Crippen MR) is 83.2 cm³/mol. The van der Waals surface area contributed by atoms with Gasteiger partial charge < -0.3 is 4.90 Å². The second-order valence-corrected chi connectivity index (χ2v) is 4.88. The highest BCUT2D eigenvalue weighted by Gasteiger charge is 2.10. The molecule has 0 bridgehead atoms. The third-order valence-corrected chi connectivity index (χ3v) is 3.56. The number of nitrogens with zero attached hydrogens (tertiary/aromatic N) is 2. The quantitative estimate of drug-likeness (QED) is 0.823. The first-order valence-corrected chi connectivity index (χ1v) is 6.97. The van der Waals surface area contributed by atoms with Crippen molar-refractivity contribution in [2.45, 2.75) is 19.8 Å². The van der Waals surface area contributed by atoms with E-state index >= 15 is 0 Å². The van der Waals surface area contributed by atoms with E-state index in [2.05, 4.69) is 29.4 Å². The van der Waals surface area contributed by atoms with Crippen molar-refractivity contribution in [1.29, 1.82) is 0 Å². The first kappa shape index (κ1) is 15.0. The minimum atomic E-state index is -0.278. The molecule has 0 aliphatic heterocycles. The van der Waals surface area contributed by atoms with Gasteiger partial charge in [0.1, 0.15) is 0 Å². The van der Waals surface area contributed by atoms with Gasteiger partial charge in [-0.05, 0) is 12.0 Å². The molecule has 0 saturated carbocycles. The van der Waals surface area contributed by atoms with E-state index in [1.54, 1.807) is 6.20 Å². The minimum absolute atomic E-state index is 0.263. The van der Waals surface area contributed by atoms with Gasteiger partial charge in [0.25, 0.3) is 0 Å². The number of nitrogens with one attached hydrogen (secondary N) is 1. The molecule has 0 saturated heterocycles. The molecule has 0 aliphatic rings. The van der Waals surface area contributed by atoms with Gasteiger partial charge in [-0.3, -0.25) is 19.9 Å². The standard InChI is InChI=1S/C16H19N3O2/c1-3-12-5-4-6-13-14(12)9-17-10-15(13)19(2)8-7-16(21)18-11-20/h4-6,9-11H,3,7-8H2,1-2H3,(H,18,20,21). The highest BCUT2D eigenvalue weighted by molar-refractivity contribution is 5.95. The molecule has 2 aromatic rings. The summed E-state index contributed by atoms with van der Waals surface area (Å²) in [5.74, 6) is -0.278. The molecule has 0 fully saturated rings. The average Bonchev–Trinajstić information content (AvgIpc) is 2.51. The fourth-order valence-corrected chi connectivity index (χ4v) is 2.38. The lowest BCUT2D eigenvalue weighted by atomic mass is 10.0. The number of amides is 2. The molecule has 5 nitrogen and oxygen atoms in total. The molecule has 1 N–H and O–H groups in total. The molecule has 0 unspecified atom stereocenters. The Bertz CT molecular complexity index is 655. The van der Waals surface area contributed by atoms with Gasteiger partial charge in [0.2, 0.25) is 12.3 Å². The average molecular weight is 285 g/mol. The predicted octanol–water partition coefficient (Wildman–Crippen LogP) is 1.90. The summed E-state index contributed by atoms with van der Waals surface area (Å²) in [6.45, 7) is 2.64. The molecule has 21 heavy (non-hydrogen) atoms. The fraction of sp³-hybridized carbons (Fsp3) is 0.312. The Morgan fingerprint density at radius 2 is 2.14 bits per heavy atom. The summed E-state index contributed by atoms with van der Waals surface area (Å²) < 4.78 is 0. The maximum Gasteiger partial charge on any atom is 0.228 e. The molecule has 1 aromatic heterocycles. The highest BCUT2D eigenvalue weighted by atomic mass is 16.2. The van der Waals surface area contributed by atoms with Crippen molar-refractivity contribution in [3.05, 3.63) is 36.2 Å². The molecular formula is C16H19N3O2. The molecule has 1 aromatic carbocycles. The van der Waals surface area contributed by atoms with Crippen molar-refractivity contribution in [2.24, 2.45) is 0 Å². The zero-order valence-electron chi connectivity index (χ0n) is 12.3. The van der Waals surface area contributed by atoms with Crippen LogP contribution >= 0.6 is 0 Å². The Morgan fingerprint density at radius 1 is 1.33 bits per heavy atom. The van der Waals surface area contributed by atoms with E-state index in [0.29, 0.717) is 13.0 Å². The van der Waals surface area contributed by atoms with Crippen molar-refractivity contribution in [1.82, 2.24) is 10.3 Å². The van der Waals surface area contributed by atoms with E-state index in [-0.39, 0.29) is 12.3 Å². The number of aryl methyl sites for hydroxylation is 1. The van der Waals surface area contributed by atoms with Crippen LogP contribution in [0.25, 0.3) is 10.8 Å². The van der Waals surface area contributed by atoms with Crippen molar-refractivity contribution in [3.63, 3.8) is 0 Å². The number of carbonyl (C=O) groups is 2. The van der Waals surface area contributed by atoms with E-state index < -0.39 is 0 Å². The Morgan fingerprint density at radius 3 is 2.86 bits per heavy atom. The van der Waals surface area contributed by atoms with E-state index in [1.807, 2.05) is 24.2 Å². The van der Waals surface area contributed by atoms with Crippen LogP contribution in [0.4, 0.5) is 5.69 Å². The number of benzene rings is 1. The third-order valence-electron chi connectivity index (χ3n) is 3.56. The van der Waals surface area contributed by atoms with Crippen LogP contribution in [0.15, 0.2) is 30.6 Å². The number of hydrogen-bond donors (Lipinski definition) is 1. The van der Waals surface area contributed by atoms with Crippen LogP contribution in [-0.2, 0) is 16.0 Å². The summed E-state index contributed by atoms with van der Waals surface area (Å²) >= 11 is 0. The summed E-state index contributed by atoms with van der Waals surface area (Å²) in [6.07, 6.45) is 5.31. The molecule has 2 rings (SSSR count). The SMILES string of the molecule is CCc1cccc2c(N(C)CCC(=O)NC=O)cncc12. The maximum atomic E-state index is 11.4. The van der Waals surface area contributed by atoms with Gasteiger partial charge in [-0.25, -0.2) is 0 Å². The highest BCUT2D eigenvalue weighted by Crippen LogP contribution is 2.27. The number of anilines is 1. The molecule has 0 radical (unpaired) electrons. The lowest BCUT2D eigenvalue weighted by Crippen LogP contribution is -2.28. The molecule has 2 amide bonds. The van der Waals surface area contributed by atoms with Crippen molar-refractivity contribution in [2.75, 3.05) is 18.5 Å². The van der Waals surface area contributed by atoms with Crippen LogP contribution in [0.3, 0.4) is 0 Å². The molecule has 0 aliphatic carbocycles. The van der Waals surface area contributed by atoms with Gasteiger partial charge in [0.05, 0.1) is 11.9 Å². The Kier molecular flexibility index (Phi) is 4.87. The lowest BCUT2D eigenvalue weighted by Gasteiger charge is -2.20. The summed E-state index contributed by atoms with van der Waals surface area (Å²) in [6, 6.07) is 6.20. The number of hydrogen-bond acceptors (Lipinski definition) is 4. The summed E-state index contributed by atoms with van der Waals surface area (Å²) in [5.41, 5.74) is 2.25. The summed E-state index contributed by atoms with van der Waals surface area (Å²) in [5, 5.41) is 4.41. The van der Waals surface area contributed by atoms with Crippen molar-refractivity contribution in [3.8, 4) is 0 Å². The Hall–Kier alpha value is -2.43. The lowest BCUT2D eigenvalue weighted by molar-refractivity contribution is -0.125. The van der Waals surface area contributed by atoms with Gasteiger partial charge >= 0.3 is 0 Å². The second kappa shape index (κ2) is 6.83. The zero-order chi connectivity index (χ0) is 15.2. The normalized spacial score (nSPS) is 10.4. The number of imide groups is 1. The fourth-order valence-electron chi connectivity index (χ4n) is 2.38. The minimum Gasteiger partial charge on any atom is -0.372 e. The van der Waals surface area contributed by atoms with Gasteiger partial charge in [0.15, 0.2) is 0 Å². The van der Waals surface area contributed by atoms with Crippen LogP contribution in [-0.4, -0.2) is 30.9 Å². The first-order valence-electron chi connectivity index (χ1n) is 6.97. The molecular weight excluding hydrogens is 266 g/mol. The Labute approximate surface area is 124 Å². The molecule has 5 heteroatoms. The van der Waals surface area contributed by atoms with Gasteiger partial charge in [-0.2, -0.15) is 0 Å². The van der Waals surface area contributed by atoms with Crippen LogP contribution in [0.1, 0.15) is 18.9 Å². The second-order valence-electron chi connectivity index (χ2n) is 4.88. The van der Waals surface area contributed by atoms with E-state index in [1.165, 1.54) is 5.56 Å². The first-order chi connectivity index (χ1) is 10.2. The monoisotopic (exact) mass is 285 g/mol. The van der Waals surface area contributed by atoms with E-state index in [4.69, 9.17) is 0 Å². The van der Waals surface area contributed by atoms with Crippen LogP contribution < -0.4 is 10.2 Å². The van der Waals surface area contributed by atoms with E-state index in [9.17, 15) is 9.59 Å². The smallest absolute Gasteiger partial charge is 0.228 e. The number of pyridine rings is 1. The number of rotatable bonds is 6. The van der Waals surface area contributed by atoms with Crippen LogP contribution in [0.2, 0.25) is 0 Å². The molecule has 110 valence electrons. The van der Waals surface area contributed by atoms with Crippen molar-refractivity contribution < 1.29 is 9.59 Å². The summed E-state index contributed by atoms with van der Waals surface area (Å²) in [7, 11) is 1.92. The Balaban J connectivity index is 2.25.